The summed E-state index contributed by atoms with van der Waals surface area (Å²) in [6, 6.07) is 0. The van der Waals surface area contributed by atoms with E-state index in [0.29, 0.717) is 18.3 Å². The van der Waals surface area contributed by atoms with E-state index in [0.717, 1.165) is 12.8 Å². The van der Waals surface area contributed by atoms with E-state index < -0.39 is 0 Å². The van der Waals surface area contributed by atoms with Crippen LogP contribution in [0.3, 0.4) is 0 Å². The average Bonchev–Trinajstić information content (AvgIpc) is 2.69. The fourth-order valence-corrected chi connectivity index (χ4v) is 3.33. The summed E-state index contributed by atoms with van der Waals surface area (Å²) in [5.74, 6) is 0.371. The van der Waals surface area contributed by atoms with E-state index in [1.807, 2.05) is 20.8 Å². The van der Waals surface area contributed by atoms with E-state index in [1.54, 1.807) is 0 Å². The van der Waals surface area contributed by atoms with Gasteiger partial charge in [0.15, 0.2) is 0 Å². The normalized spacial score (nSPS) is 27.6. The largest absolute Gasteiger partial charge is 0.372 e. The Morgan fingerprint density at radius 3 is 2.44 bits per heavy atom. The van der Waals surface area contributed by atoms with Crippen LogP contribution >= 0.6 is 0 Å². The second-order valence-electron chi connectivity index (χ2n) is 7.23. The van der Waals surface area contributed by atoms with Gasteiger partial charge in [0.05, 0.1) is 11.7 Å². The van der Waals surface area contributed by atoms with Crippen molar-refractivity contribution in [3.8, 4) is 0 Å². The molecule has 2 rings (SSSR count). The van der Waals surface area contributed by atoms with E-state index in [2.05, 4.69) is 0 Å². The molecular formula is C16H28O2. The van der Waals surface area contributed by atoms with Crippen molar-refractivity contribution >= 4 is 5.78 Å². The third-order valence-corrected chi connectivity index (χ3v) is 4.63. The quantitative estimate of drug-likeness (QED) is 0.750. The Morgan fingerprint density at radius 2 is 1.83 bits per heavy atom. The smallest absolute Gasteiger partial charge is 0.138 e. The minimum Gasteiger partial charge on any atom is -0.372 e. The number of hydrogen-bond acceptors (Lipinski definition) is 2. The lowest BCUT2D eigenvalue weighted by molar-refractivity contribution is -0.127. The second-order valence-corrected chi connectivity index (χ2v) is 7.23. The summed E-state index contributed by atoms with van der Waals surface area (Å²) in [5.41, 5.74) is 0.00876. The van der Waals surface area contributed by atoms with Gasteiger partial charge in [-0.25, -0.2) is 0 Å². The van der Waals surface area contributed by atoms with Gasteiger partial charge in [-0.3, -0.25) is 4.79 Å². The van der Waals surface area contributed by atoms with E-state index in [-0.39, 0.29) is 11.0 Å². The lowest BCUT2D eigenvalue weighted by Crippen LogP contribution is -2.32. The molecule has 0 N–H and O–H groups in total. The van der Waals surface area contributed by atoms with Gasteiger partial charge in [-0.05, 0) is 32.1 Å². The molecule has 2 fully saturated rings. The van der Waals surface area contributed by atoms with Crippen LogP contribution in [0.4, 0.5) is 0 Å². The van der Waals surface area contributed by atoms with Crippen molar-refractivity contribution in [3.05, 3.63) is 0 Å². The molecule has 18 heavy (non-hydrogen) atoms. The molecule has 0 aromatic carbocycles. The van der Waals surface area contributed by atoms with Gasteiger partial charge < -0.3 is 4.74 Å². The van der Waals surface area contributed by atoms with Gasteiger partial charge in [-0.2, -0.15) is 0 Å². The van der Waals surface area contributed by atoms with Crippen molar-refractivity contribution < 1.29 is 9.53 Å². The number of rotatable bonds is 3. The maximum Gasteiger partial charge on any atom is 0.138 e. The molecule has 1 unspecified atom stereocenters. The second kappa shape index (κ2) is 5.32. The van der Waals surface area contributed by atoms with Crippen LogP contribution in [0.5, 0.6) is 0 Å². The number of carbonyl (C=O) groups is 1. The Hall–Kier alpha value is -0.370. The third kappa shape index (κ3) is 3.34. The first kappa shape index (κ1) is 14.0. The van der Waals surface area contributed by atoms with Crippen LogP contribution in [0.25, 0.3) is 0 Å². The zero-order valence-corrected chi connectivity index (χ0v) is 12.3. The van der Waals surface area contributed by atoms with E-state index in [1.165, 1.54) is 38.5 Å². The molecular weight excluding hydrogens is 224 g/mol. The van der Waals surface area contributed by atoms with Crippen LogP contribution in [-0.2, 0) is 9.53 Å². The molecule has 1 saturated carbocycles. The number of hydrogen-bond donors (Lipinski definition) is 0. The minimum atomic E-state index is -0.193. The van der Waals surface area contributed by atoms with Crippen molar-refractivity contribution in [3.63, 3.8) is 0 Å². The van der Waals surface area contributed by atoms with Crippen molar-refractivity contribution in [2.45, 2.75) is 90.3 Å². The molecule has 1 atom stereocenters. The summed E-state index contributed by atoms with van der Waals surface area (Å²) in [6.07, 6.45) is 10.9. The molecule has 0 radical (unpaired) electrons. The molecule has 0 bridgehead atoms. The fourth-order valence-electron chi connectivity index (χ4n) is 3.33. The highest BCUT2D eigenvalue weighted by Crippen LogP contribution is 2.43. The van der Waals surface area contributed by atoms with Crippen molar-refractivity contribution in [1.29, 1.82) is 0 Å². The highest BCUT2D eigenvalue weighted by Gasteiger charge is 2.40. The zero-order chi connectivity index (χ0) is 13.2. The monoisotopic (exact) mass is 252 g/mol. The van der Waals surface area contributed by atoms with Crippen LogP contribution in [0, 0.1) is 5.41 Å². The molecule has 104 valence electrons. The van der Waals surface area contributed by atoms with Gasteiger partial charge in [0, 0.05) is 11.8 Å². The highest BCUT2D eigenvalue weighted by molar-refractivity contribution is 5.83. The van der Waals surface area contributed by atoms with Crippen molar-refractivity contribution in [1.82, 2.24) is 0 Å². The topological polar surface area (TPSA) is 26.3 Å². The molecule has 1 saturated heterocycles. The van der Waals surface area contributed by atoms with Crippen LogP contribution in [0.2, 0.25) is 0 Å². The summed E-state index contributed by atoms with van der Waals surface area (Å²) in [4.78, 5) is 11.9. The molecule has 1 spiro atoms. The van der Waals surface area contributed by atoms with Gasteiger partial charge in [-0.1, -0.05) is 40.0 Å². The van der Waals surface area contributed by atoms with Gasteiger partial charge in [0.1, 0.15) is 5.78 Å². The molecule has 0 aromatic heterocycles. The summed E-state index contributed by atoms with van der Waals surface area (Å²) in [5, 5.41) is 0. The molecule has 0 amide bonds. The third-order valence-electron chi connectivity index (χ3n) is 4.63. The van der Waals surface area contributed by atoms with Gasteiger partial charge in [0.25, 0.3) is 0 Å². The minimum absolute atomic E-state index is 0.193. The van der Waals surface area contributed by atoms with Crippen LogP contribution in [0.1, 0.15) is 78.6 Å². The molecule has 0 aromatic rings. The lowest BCUT2D eigenvalue weighted by Gasteiger charge is -2.33. The molecule has 1 aliphatic heterocycles. The SMILES string of the molecule is CC(C)(C)C(=O)CCC1CCC2(CCCCC2)O1. The summed E-state index contributed by atoms with van der Waals surface area (Å²) in [6.45, 7) is 6.02. The van der Waals surface area contributed by atoms with E-state index in [9.17, 15) is 4.79 Å². The Bertz CT molecular complexity index is 295. The Labute approximate surface area is 111 Å². The highest BCUT2D eigenvalue weighted by atomic mass is 16.5. The maximum atomic E-state index is 11.9. The van der Waals surface area contributed by atoms with Crippen LogP contribution < -0.4 is 0 Å². The number of ether oxygens (including phenoxy) is 1. The lowest BCUT2D eigenvalue weighted by atomic mass is 9.83. The van der Waals surface area contributed by atoms with Gasteiger partial charge in [0.2, 0.25) is 0 Å². The van der Waals surface area contributed by atoms with Crippen LogP contribution in [-0.4, -0.2) is 17.5 Å². The fraction of sp³-hybridized carbons (Fsp3) is 0.938. The first-order valence-corrected chi connectivity index (χ1v) is 7.62. The average molecular weight is 252 g/mol. The van der Waals surface area contributed by atoms with E-state index >= 15 is 0 Å². The van der Waals surface area contributed by atoms with Crippen LogP contribution in [0.15, 0.2) is 0 Å². The van der Waals surface area contributed by atoms with Gasteiger partial charge in [-0.15, -0.1) is 0 Å². The first-order valence-electron chi connectivity index (χ1n) is 7.62. The van der Waals surface area contributed by atoms with Gasteiger partial charge >= 0.3 is 0 Å². The zero-order valence-electron chi connectivity index (χ0n) is 12.3. The van der Waals surface area contributed by atoms with Crippen molar-refractivity contribution in [2.75, 3.05) is 0 Å². The molecule has 2 heteroatoms. The number of ketones is 1. The Balaban J connectivity index is 1.78. The Kier molecular flexibility index (Phi) is 4.15. The molecule has 2 nitrogen and oxygen atoms in total. The number of Topliss-reactive ketones (excluding diaryl/α,β-unsaturated/α-hetero) is 1. The predicted molar refractivity (Wildman–Crippen MR) is 73.6 cm³/mol. The Morgan fingerprint density at radius 1 is 1.17 bits per heavy atom. The molecule has 1 aliphatic carbocycles. The maximum absolute atomic E-state index is 11.9. The predicted octanol–water partition coefficient (Wildman–Crippen LogP) is 4.26. The standard InChI is InChI=1S/C16H28O2/c1-15(2,3)14(17)8-7-13-9-12-16(18-13)10-5-4-6-11-16/h13H,4-12H2,1-3H3. The van der Waals surface area contributed by atoms with Crippen molar-refractivity contribution in [2.24, 2.45) is 5.41 Å². The summed E-state index contributed by atoms with van der Waals surface area (Å²) in [7, 11) is 0. The number of carbonyl (C=O) groups excluding carboxylic acids is 1. The van der Waals surface area contributed by atoms with E-state index in [4.69, 9.17) is 4.74 Å². The molecule has 1 heterocycles. The molecule has 2 aliphatic rings. The first-order chi connectivity index (χ1) is 8.41. The summed E-state index contributed by atoms with van der Waals surface area (Å²) >= 11 is 0. The summed E-state index contributed by atoms with van der Waals surface area (Å²) < 4.78 is 6.30.